The van der Waals surface area contributed by atoms with E-state index in [1.807, 2.05) is 0 Å². The molecule has 0 saturated carbocycles. The summed E-state index contributed by atoms with van der Waals surface area (Å²) in [7, 11) is 0. The molecule has 0 fully saturated rings. The van der Waals surface area contributed by atoms with Crippen LogP contribution in [-0.2, 0) is 12.8 Å². The summed E-state index contributed by atoms with van der Waals surface area (Å²) in [5.74, 6) is 0. The average molecular weight is 291 g/mol. The molecule has 0 aromatic heterocycles. The fourth-order valence-corrected chi connectivity index (χ4v) is 2.43. The minimum Gasteiger partial charge on any atom is -0.337 e. The molecule has 2 N–H and O–H groups in total. The molecule has 1 aromatic rings. The molecule has 4 nitrogen and oxygen atoms in total. The van der Waals surface area contributed by atoms with Crippen LogP contribution < -0.4 is 10.6 Å². The number of aryl methyl sites for hydroxylation is 2. The molecule has 0 bridgehead atoms. The molecule has 0 spiro atoms. The van der Waals surface area contributed by atoms with E-state index in [-0.39, 0.29) is 6.03 Å². The molecule has 0 aliphatic carbocycles. The predicted octanol–water partition coefficient (Wildman–Crippen LogP) is 3.27. The van der Waals surface area contributed by atoms with Crippen LogP contribution in [0.1, 0.15) is 38.8 Å². The van der Waals surface area contributed by atoms with E-state index in [0.717, 1.165) is 38.2 Å². The van der Waals surface area contributed by atoms with Crippen molar-refractivity contribution in [3.05, 3.63) is 29.3 Å². The molecule has 0 radical (unpaired) electrons. The lowest BCUT2D eigenvalue weighted by Crippen LogP contribution is -2.37. The van der Waals surface area contributed by atoms with Crippen LogP contribution in [0.2, 0.25) is 0 Å². The summed E-state index contributed by atoms with van der Waals surface area (Å²) < 4.78 is 0. The predicted molar refractivity (Wildman–Crippen MR) is 90.0 cm³/mol. The maximum absolute atomic E-state index is 12.1. The zero-order valence-corrected chi connectivity index (χ0v) is 13.8. The van der Waals surface area contributed by atoms with Gasteiger partial charge in [-0.3, -0.25) is 0 Å². The molecule has 21 heavy (non-hydrogen) atoms. The monoisotopic (exact) mass is 291 g/mol. The number of carbonyl (C=O) groups is 1. The smallest absolute Gasteiger partial charge is 0.319 e. The van der Waals surface area contributed by atoms with Gasteiger partial charge in [-0.05, 0) is 37.1 Å². The number of likely N-dealkylation sites (N-methyl/N-ethyl adjacent to an activating group) is 1. The summed E-state index contributed by atoms with van der Waals surface area (Å²) >= 11 is 0. The van der Waals surface area contributed by atoms with E-state index in [9.17, 15) is 4.79 Å². The summed E-state index contributed by atoms with van der Waals surface area (Å²) in [5, 5.41) is 5.96. The Bertz CT molecular complexity index is 419. The number of nitrogens with zero attached hydrogens (tertiary/aromatic N) is 1. The van der Waals surface area contributed by atoms with Crippen molar-refractivity contribution >= 4 is 11.7 Å². The third-order valence-electron chi connectivity index (χ3n) is 3.85. The molecule has 1 aromatic carbocycles. The van der Waals surface area contributed by atoms with E-state index in [0.29, 0.717) is 6.54 Å². The third kappa shape index (κ3) is 5.38. The molecule has 0 heterocycles. The second kappa shape index (κ2) is 9.40. The lowest BCUT2D eigenvalue weighted by molar-refractivity contribution is 0.247. The quantitative estimate of drug-likeness (QED) is 0.772. The first kappa shape index (κ1) is 17.5. The van der Waals surface area contributed by atoms with Crippen LogP contribution in [0.15, 0.2) is 18.2 Å². The Hall–Kier alpha value is -1.55. The first-order valence-electron chi connectivity index (χ1n) is 8.04. The second-order valence-corrected chi connectivity index (χ2v) is 5.07. The van der Waals surface area contributed by atoms with Gasteiger partial charge in [0.2, 0.25) is 0 Å². The van der Waals surface area contributed by atoms with Crippen molar-refractivity contribution in [2.75, 3.05) is 31.5 Å². The molecule has 0 unspecified atom stereocenters. The largest absolute Gasteiger partial charge is 0.337 e. The van der Waals surface area contributed by atoms with Crippen LogP contribution in [0.5, 0.6) is 0 Å². The van der Waals surface area contributed by atoms with Gasteiger partial charge in [0, 0.05) is 18.8 Å². The van der Waals surface area contributed by atoms with Gasteiger partial charge in [0.05, 0.1) is 0 Å². The van der Waals surface area contributed by atoms with Gasteiger partial charge in [-0.25, -0.2) is 4.79 Å². The number of hydrogen-bond acceptors (Lipinski definition) is 2. The Morgan fingerprint density at radius 1 is 1.05 bits per heavy atom. The molecule has 4 heteroatoms. The number of anilines is 1. The molecular weight excluding hydrogens is 262 g/mol. The summed E-state index contributed by atoms with van der Waals surface area (Å²) in [6, 6.07) is 6.09. The fourth-order valence-electron chi connectivity index (χ4n) is 2.43. The first-order valence-corrected chi connectivity index (χ1v) is 8.04. The second-order valence-electron chi connectivity index (χ2n) is 5.07. The zero-order chi connectivity index (χ0) is 15.7. The summed E-state index contributed by atoms with van der Waals surface area (Å²) in [5.41, 5.74) is 3.35. The van der Waals surface area contributed by atoms with Crippen LogP contribution >= 0.6 is 0 Å². The number of benzene rings is 1. The highest BCUT2D eigenvalue weighted by atomic mass is 16.2. The molecule has 2 amide bonds. The minimum atomic E-state index is -0.113. The maximum Gasteiger partial charge on any atom is 0.319 e. The summed E-state index contributed by atoms with van der Waals surface area (Å²) in [6.07, 6.45) is 1.84. The topological polar surface area (TPSA) is 44.4 Å². The van der Waals surface area contributed by atoms with Gasteiger partial charge in [-0.2, -0.15) is 0 Å². The van der Waals surface area contributed by atoms with Crippen molar-refractivity contribution in [2.24, 2.45) is 0 Å². The molecule has 1 rings (SSSR count). The van der Waals surface area contributed by atoms with Crippen LogP contribution in [0.25, 0.3) is 0 Å². The van der Waals surface area contributed by atoms with E-state index in [2.05, 4.69) is 61.4 Å². The van der Waals surface area contributed by atoms with Crippen molar-refractivity contribution in [2.45, 2.75) is 40.5 Å². The van der Waals surface area contributed by atoms with Gasteiger partial charge >= 0.3 is 6.03 Å². The lowest BCUT2D eigenvalue weighted by Gasteiger charge is -2.19. The maximum atomic E-state index is 12.1. The number of urea groups is 1. The number of para-hydroxylation sites is 1. The molecular formula is C17H29N3O. The lowest BCUT2D eigenvalue weighted by atomic mass is 10.0. The highest BCUT2D eigenvalue weighted by Gasteiger charge is 2.09. The van der Waals surface area contributed by atoms with Crippen LogP contribution in [0.4, 0.5) is 10.5 Å². The normalized spacial score (nSPS) is 10.7. The number of nitrogens with one attached hydrogen (secondary N) is 2. The Balaban J connectivity index is 2.58. The summed E-state index contributed by atoms with van der Waals surface area (Å²) in [4.78, 5) is 14.4. The molecule has 0 aliphatic heterocycles. The molecule has 118 valence electrons. The number of carbonyl (C=O) groups excluding carboxylic acids is 1. The third-order valence-corrected chi connectivity index (χ3v) is 3.85. The van der Waals surface area contributed by atoms with E-state index in [1.54, 1.807) is 0 Å². The Labute approximate surface area is 128 Å². The first-order chi connectivity index (χ1) is 10.2. The van der Waals surface area contributed by atoms with Gasteiger partial charge in [0.25, 0.3) is 0 Å². The van der Waals surface area contributed by atoms with Gasteiger partial charge < -0.3 is 15.5 Å². The SMILES string of the molecule is CCc1cccc(CC)c1NC(=O)NCCN(CC)CC. The average Bonchev–Trinajstić information content (AvgIpc) is 2.51. The fraction of sp³-hybridized carbons (Fsp3) is 0.588. The van der Waals surface area contributed by atoms with Gasteiger partial charge in [0.15, 0.2) is 0 Å². The van der Waals surface area contributed by atoms with Crippen LogP contribution in [-0.4, -0.2) is 37.1 Å². The van der Waals surface area contributed by atoms with Crippen LogP contribution in [0, 0.1) is 0 Å². The molecule has 0 saturated heterocycles. The number of amides is 2. The van der Waals surface area contributed by atoms with Gasteiger partial charge in [0.1, 0.15) is 0 Å². The van der Waals surface area contributed by atoms with Crippen molar-refractivity contribution in [3.8, 4) is 0 Å². The van der Waals surface area contributed by atoms with E-state index < -0.39 is 0 Å². The van der Waals surface area contributed by atoms with E-state index >= 15 is 0 Å². The summed E-state index contributed by atoms with van der Waals surface area (Å²) in [6.45, 7) is 12.1. The van der Waals surface area contributed by atoms with Crippen molar-refractivity contribution in [3.63, 3.8) is 0 Å². The van der Waals surface area contributed by atoms with E-state index in [4.69, 9.17) is 0 Å². The van der Waals surface area contributed by atoms with Crippen molar-refractivity contribution < 1.29 is 4.79 Å². The standard InChI is InChI=1S/C17H29N3O/c1-5-14-10-9-11-15(6-2)16(14)19-17(21)18-12-13-20(7-3)8-4/h9-11H,5-8,12-13H2,1-4H3,(H2,18,19,21). The Kier molecular flexibility index (Phi) is 7.83. The minimum absolute atomic E-state index is 0.113. The Morgan fingerprint density at radius 3 is 2.10 bits per heavy atom. The molecule has 0 aliphatic rings. The van der Waals surface area contributed by atoms with E-state index in [1.165, 1.54) is 11.1 Å². The number of rotatable bonds is 8. The van der Waals surface area contributed by atoms with Crippen molar-refractivity contribution in [1.82, 2.24) is 10.2 Å². The van der Waals surface area contributed by atoms with Crippen molar-refractivity contribution in [1.29, 1.82) is 0 Å². The number of hydrogen-bond donors (Lipinski definition) is 2. The zero-order valence-electron chi connectivity index (χ0n) is 13.8. The Morgan fingerprint density at radius 2 is 1.62 bits per heavy atom. The highest BCUT2D eigenvalue weighted by Crippen LogP contribution is 2.22. The highest BCUT2D eigenvalue weighted by molar-refractivity contribution is 5.91. The van der Waals surface area contributed by atoms with Gasteiger partial charge in [-0.15, -0.1) is 0 Å². The van der Waals surface area contributed by atoms with Gasteiger partial charge in [-0.1, -0.05) is 45.9 Å². The molecule has 0 atom stereocenters. The van der Waals surface area contributed by atoms with Crippen LogP contribution in [0.3, 0.4) is 0 Å².